The van der Waals surface area contributed by atoms with Crippen LogP contribution in [0.4, 0.5) is 0 Å². The van der Waals surface area contributed by atoms with Gasteiger partial charge in [0.05, 0.1) is 0 Å². The minimum absolute atomic E-state index is 0.134. The molecule has 2 rings (SSSR count). The molecule has 29 heavy (non-hydrogen) atoms. The monoisotopic (exact) mass is 392 g/mol. The van der Waals surface area contributed by atoms with Crippen LogP contribution in [0.1, 0.15) is 116 Å². The molecule has 0 aliphatic heterocycles. The molecule has 0 bridgehead atoms. The van der Waals surface area contributed by atoms with Gasteiger partial charge in [-0.05, 0) is 61.5 Å². The summed E-state index contributed by atoms with van der Waals surface area (Å²) in [5, 5.41) is 0. The van der Waals surface area contributed by atoms with Gasteiger partial charge in [-0.2, -0.15) is 0 Å². The van der Waals surface area contributed by atoms with Crippen molar-refractivity contribution in [1.29, 1.82) is 0 Å². The Morgan fingerprint density at radius 2 is 0.759 bits per heavy atom. The van der Waals surface area contributed by atoms with Gasteiger partial charge in [0, 0.05) is 0 Å². The van der Waals surface area contributed by atoms with Crippen LogP contribution in [0.15, 0.2) is 36.4 Å². The molecule has 0 unspecified atom stereocenters. The molecule has 0 aromatic heterocycles. The average molecular weight is 393 g/mol. The largest absolute Gasteiger partial charge is 0.0582 e. The third-order valence-corrected chi connectivity index (χ3v) is 5.94. The smallest absolute Gasteiger partial charge is 0.00197 e. The zero-order valence-electron chi connectivity index (χ0n) is 21.2. The van der Waals surface area contributed by atoms with Crippen LogP contribution in [0, 0.1) is 0 Å². The van der Waals surface area contributed by atoms with Crippen molar-refractivity contribution in [3.05, 3.63) is 69.8 Å². The van der Waals surface area contributed by atoms with Crippen molar-refractivity contribution in [2.24, 2.45) is 0 Å². The number of hydrogen-bond acceptors (Lipinski definition) is 0. The van der Waals surface area contributed by atoms with Crippen LogP contribution in [0.5, 0.6) is 0 Å². The lowest BCUT2D eigenvalue weighted by molar-refractivity contribution is 0.564. The van der Waals surface area contributed by atoms with E-state index in [2.05, 4.69) is 119 Å². The highest BCUT2D eigenvalue weighted by Gasteiger charge is 2.25. The van der Waals surface area contributed by atoms with Crippen LogP contribution in [-0.4, -0.2) is 0 Å². The SMILES string of the molecule is CC(C)(C)c1ccc(C(C)(C)C)c(Cc2cc(C(C)(C)C)ccc2C(C)(C)C)c1. The van der Waals surface area contributed by atoms with Gasteiger partial charge in [0.2, 0.25) is 0 Å². The van der Waals surface area contributed by atoms with Gasteiger partial charge in [-0.3, -0.25) is 0 Å². The Balaban J connectivity index is 2.71. The molecule has 0 N–H and O–H groups in total. The van der Waals surface area contributed by atoms with E-state index in [1.165, 1.54) is 33.4 Å². The molecule has 0 heteroatoms. The number of hydrogen-bond donors (Lipinski definition) is 0. The van der Waals surface area contributed by atoms with Crippen molar-refractivity contribution in [2.75, 3.05) is 0 Å². The first-order valence-corrected chi connectivity index (χ1v) is 11.2. The molecule has 0 amide bonds. The molecular weight excluding hydrogens is 348 g/mol. The molecule has 0 nitrogen and oxygen atoms in total. The van der Waals surface area contributed by atoms with Crippen LogP contribution >= 0.6 is 0 Å². The fourth-order valence-electron chi connectivity index (χ4n) is 4.08. The summed E-state index contributed by atoms with van der Waals surface area (Å²) in [4.78, 5) is 0. The summed E-state index contributed by atoms with van der Waals surface area (Å²) in [6.45, 7) is 27.8. The summed E-state index contributed by atoms with van der Waals surface area (Å²) >= 11 is 0. The van der Waals surface area contributed by atoms with Crippen LogP contribution in [-0.2, 0) is 28.1 Å². The third kappa shape index (κ3) is 5.74. The van der Waals surface area contributed by atoms with Crippen molar-refractivity contribution >= 4 is 0 Å². The molecule has 0 saturated heterocycles. The first-order chi connectivity index (χ1) is 12.9. The fourth-order valence-corrected chi connectivity index (χ4v) is 4.08. The molecule has 0 radical (unpaired) electrons. The maximum atomic E-state index is 2.47. The highest BCUT2D eigenvalue weighted by Crippen LogP contribution is 2.36. The Kier molecular flexibility index (Phi) is 6.22. The van der Waals surface area contributed by atoms with E-state index in [-0.39, 0.29) is 21.7 Å². The zero-order chi connectivity index (χ0) is 22.4. The second-order valence-electron chi connectivity index (χ2n) is 12.9. The fraction of sp³-hybridized carbons (Fsp3) is 0.586. The second-order valence-corrected chi connectivity index (χ2v) is 12.9. The van der Waals surface area contributed by atoms with Crippen molar-refractivity contribution in [1.82, 2.24) is 0 Å². The molecule has 2 aromatic carbocycles. The van der Waals surface area contributed by atoms with Crippen molar-refractivity contribution < 1.29 is 0 Å². The van der Waals surface area contributed by atoms with E-state index in [0.29, 0.717) is 0 Å². The van der Waals surface area contributed by atoms with Crippen LogP contribution < -0.4 is 0 Å². The van der Waals surface area contributed by atoms with Gasteiger partial charge in [-0.15, -0.1) is 0 Å². The normalized spacial score (nSPS) is 13.7. The maximum Gasteiger partial charge on any atom is -0.00197 e. The molecule has 0 fully saturated rings. The Hall–Kier alpha value is -1.56. The van der Waals surface area contributed by atoms with Crippen molar-refractivity contribution in [2.45, 2.75) is 111 Å². The summed E-state index contributed by atoms with van der Waals surface area (Å²) < 4.78 is 0. The van der Waals surface area contributed by atoms with Gasteiger partial charge < -0.3 is 0 Å². The Morgan fingerprint density at radius 1 is 0.448 bits per heavy atom. The lowest BCUT2D eigenvalue weighted by Gasteiger charge is -2.30. The molecular formula is C29H44. The minimum atomic E-state index is 0.134. The van der Waals surface area contributed by atoms with E-state index < -0.39 is 0 Å². The van der Waals surface area contributed by atoms with Crippen LogP contribution in [0.2, 0.25) is 0 Å². The number of rotatable bonds is 2. The highest BCUT2D eigenvalue weighted by atomic mass is 14.3. The molecule has 2 aromatic rings. The predicted molar refractivity (Wildman–Crippen MR) is 130 cm³/mol. The Bertz CT molecular complexity index is 779. The van der Waals surface area contributed by atoms with Crippen LogP contribution in [0.3, 0.4) is 0 Å². The Morgan fingerprint density at radius 3 is 1.00 bits per heavy atom. The molecule has 0 aliphatic rings. The molecule has 0 atom stereocenters. The van der Waals surface area contributed by atoms with E-state index >= 15 is 0 Å². The van der Waals surface area contributed by atoms with Gasteiger partial charge in [0.25, 0.3) is 0 Å². The van der Waals surface area contributed by atoms with E-state index in [1.807, 2.05) is 0 Å². The summed E-state index contributed by atoms with van der Waals surface area (Å²) in [6, 6.07) is 14.4. The van der Waals surface area contributed by atoms with E-state index in [4.69, 9.17) is 0 Å². The van der Waals surface area contributed by atoms with Crippen molar-refractivity contribution in [3.8, 4) is 0 Å². The maximum absolute atomic E-state index is 2.47. The summed E-state index contributed by atoms with van der Waals surface area (Å²) in [7, 11) is 0. The second kappa shape index (κ2) is 7.60. The van der Waals surface area contributed by atoms with Crippen LogP contribution in [0.25, 0.3) is 0 Å². The standard InChI is InChI=1S/C29H44/c1-26(2,3)22-13-15-24(28(7,8)9)20(18-22)17-21-19-23(27(4,5)6)14-16-25(21)29(10,11)12/h13-16,18-19H,17H2,1-12H3. The van der Waals surface area contributed by atoms with Gasteiger partial charge in [-0.1, -0.05) is 119 Å². The predicted octanol–water partition coefficient (Wildman–Crippen LogP) is 8.47. The first kappa shape index (κ1) is 23.7. The lowest BCUT2D eigenvalue weighted by atomic mass is 9.75. The molecule has 0 aliphatic carbocycles. The van der Waals surface area contributed by atoms with E-state index in [1.54, 1.807) is 0 Å². The van der Waals surface area contributed by atoms with Gasteiger partial charge >= 0.3 is 0 Å². The highest BCUT2D eigenvalue weighted by molar-refractivity contribution is 5.46. The summed E-state index contributed by atoms with van der Waals surface area (Å²) in [5.74, 6) is 0. The lowest BCUT2D eigenvalue weighted by Crippen LogP contribution is -2.20. The Labute approximate surface area is 181 Å². The summed E-state index contributed by atoms with van der Waals surface area (Å²) in [6.07, 6.45) is 0.993. The first-order valence-electron chi connectivity index (χ1n) is 11.2. The van der Waals surface area contributed by atoms with Crippen molar-refractivity contribution in [3.63, 3.8) is 0 Å². The summed E-state index contributed by atoms with van der Waals surface area (Å²) in [5.41, 5.74) is 9.30. The number of benzene rings is 2. The molecule has 0 heterocycles. The molecule has 160 valence electrons. The molecule has 0 saturated carbocycles. The van der Waals surface area contributed by atoms with E-state index in [0.717, 1.165) is 6.42 Å². The zero-order valence-corrected chi connectivity index (χ0v) is 21.2. The van der Waals surface area contributed by atoms with E-state index in [9.17, 15) is 0 Å². The topological polar surface area (TPSA) is 0 Å². The molecule has 0 spiro atoms. The third-order valence-electron chi connectivity index (χ3n) is 5.94. The van der Waals surface area contributed by atoms with Gasteiger partial charge in [-0.25, -0.2) is 0 Å². The quantitative estimate of drug-likeness (QED) is 0.481. The van der Waals surface area contributed by atoms with Gasteiger partial charge in [0.15, 0.2) is 0 Å². The average Bonchev–Trinajstić information content (AvgIpc) is 2.51. The minimum Gasteiger partial charge on any atom is -0.0582 e. The van der Waals surface area contributed by atoms with Gasteiger partial charge in [0.1, 0.15) is 0 Å².